The Morgan fingerprint density at radius 3 is 2.75 bits per heavy atom. The molecule has 1 saturated heterocycles. The molecule has 0 radical (unpaired) electrons. The minimum Gasteiger partial charge on any atom is -0.492 e. The molecule has 1 heterocycles. The second-order valence-corrected chi connectivity index (χ2v) is 8.01. The van der Waals surface area contributed by atoms with Crippen LogP contribution < -0.4 is 15.4 Å². The topological polar surface area (TPSA) is 58.1 Å². The van der Waals surface area contributed by atoms with Crippen molar-refractivity contribution in [3.63, 3.8) is 0 Å². The van der Waals surface area contributed by atoms with Crippen LogP contribution in [0.2, 0.25) is 0 Å². The van der Waals surface area contributed by atoms with E-state index in [9.17, 15) is 4.39 Å². The number of hydrogen-bond acceptors (Lipinski definition) is 4. The standard InChI is InChI=1S/C25H35FN4O2/c1-27-25(28-13-10-21-7-3-4-9-24(21)26)29-19-20-6-5-8-23(18-20)32-17-14-30(2)22-11-15-31-16-12-22/h3-9,18,22H,10-17,19H2,1-2H3,(H2,27,28,29). The van der Waals surface area contributed by atoms with Gasteiger partial charge in [-0.05, 0) is 55.6 Å². The molecule has 2 aromatic rings. The van der Waals surface area contributed by atoms with Crippen LogP contribution in [0.5, 0.6) is 5.75 Å². The van der Waals surface area contributed by atoms with E-state index in [1.165, 1.54) is 6.07 Å². The quantitative estimate of drug-likeness (QED) is 0.437. The Morgan fingerprint density at radius 2 is 1.97 bits per heavy atom. The molecule has 1 aliphatic heterocycles. The average Bonchev–Trinajstić information content (AvgIpc) is 2.83. The predicted octanol–water partition coefficient (Wildman–Crippen LogP) is 3.22. The average molecular weight is 443 g/mol. The van der Waals surface area contributed by atoms with Gasteiger partial charge in [0.25, 0.3) is 0 Å². The zero-order valence-electron chi connectivity index (χ0n) is 19.1. The Hall–Kier alpha value is -2.64. The first-order valence-electron chi connectivity index (χ1n) is 11.3. The summed E-state index contributed by atoms with van der Waals surface area (Å²) in [6, 6.07) is 15.5. The molecule has 0 bridgehead atoms. The van der Waals surface area contributed by atoms with Crippen molar-refractivity contribution < 1.29 is 13.9 Å². The molecule has 0 aliphatic carbocycles. The number of aliphatic imine (C=N–C) groups is 1. The lowest BCUT2D eigenvalue weighted by atomic mass is 10.1. The van der Waals surface area contributed by atoms with Crippen molar-refractivity contribution in [3.05, 3.63) is 65.5 Å². The van der Waals surface area contributed by atoms with E-state index >= 15 is 0 Å². The van der Waals surface area contributed by atoms with Gasteiger partial charge in [-0.15, -0.1) is 0 Å². The van der Waals surface area contributed by atoms with E-state index in [2.05, 4.69) is 33.6 Å². The second-order valence-electron chi connectivity index (χ2n) is 8.01. The van der Waals surface area contributed by atoms with E-state index in [1.54, 1.807) is 19.2 Å². The Labute approximate surface area is 190 Å². The first-order chi connectivity index (χ1) is 15.7. The van der Waals surface area contributed by atoms with Crippen molar-refractivity contribution in [1.82, 2.24) is 15.5 Å². The van der Waals surface area contributed by atoms with Crippen LogP contribution in [0.15, 0.2) is 53.5 Å². The van der Waals surface area contributed by atoms with E-state index in [0.717, 1.165) is 43.9 Å². The third-order valence-electron chi connectivity index (χ3n) is 5.75. The minimum atomic E-state index is -0.173. The Bertz CT molecular complexity index is 855. The van der Waals surface area contributed by atoms with Crippen molar-refractivity contribution in [3.8, 4) is 5.75 Å². The molecular formula is C25H35FN4O2. The van der Waals surface area contributed by atoms with Gasteiger partial charge in [0.2, 0.25) is 0 Å². The number of likely N-dealkylation sites (N-methyl/N-ethyl adjacent to an activating group) is 1. The molecule has 174 valence electrons. The number of ether oxygens (including phenoxy) is 2. The molecule has 0 amide bonds. The smallest absolute Gasteiger partial charge is 0.191 e. The van der Waals surface area contributed by atoms with Crippen LogP contribution >= 0.6 is 0 Å². The molecule has 32 heavy (non-hydrogen) atoms. The number of nitrogens with one attached hydrogen (secondary N) is 2. The van der Waals surface area contributed by atoms with Crippen LogP contribution in [0.4, 0.5) is 4.39 Å². The fraction of sp³-hybridized carbons (Fsp3) is 0.480. The zero-order chi connectivity index (χ0) is 22.6. The molecule has 1 aliphatic rings. The molecule has 2 aromatic carbocycles. The predicted molar refractivity (Wildman–Crippen MR) is 127 cm³/mol. The van der Waals surface area contributed by atoms with Gasteiger partial charge in [0.1, 0.15) is 18.2 Å². The van der Waals surface area contributed by atoms with E-state index in [4.69, 9.17) is 9.47 Å². The first kappa shape index (κ1) is 24.0. The van der Waals surface area contributed by atoms with Crippen molar-refractivity contribution in [2.24, 2.45) is 4.99 Å². The second kappa shape index (κ2) is 13.0. The summed E-state index contributed by atoms with van der Waals surface area (Å²) >= 11 is 0. The van der Waals surface area contributed by atoms with Gasteiger partial charge in [0, 0.05) is 45.9 Å². The fourth-order valence-corrected chi connectivity index (χ4v) is 3.78. The first-order valence-corrected chi connectivity index (χ1v) is 11.3. The molecular weight excluding hydrogens is 407 g/mol. The number of hydrogen-bond donors (Lipinski definition) is 2. The zero-order valence-corrected chi connectivity index (χ0v) is 19.1. The Kier molecular flexibility index (Phi) is 9.78. The van der Waals surface area contributed by atoms with Gasteiger partial charge < -0.3 is 20.1 Å². The van der Waals surface area contributed by atoms with E-state index in [1.807, 2.05) is 24.3 Å². The van der Waals surface area contributed by atoms with E-state index < -0.39 is 0 Å². The highest BCUT2D eigenvalue weighted by molar-refractivity contribution is 5.79. The van der Waals surface area contributed by atoms with Gasteiger partial charge in [0.15, 0.2) is 5.96 Å². The van der Waals surface area contributed by atoms with E-state index in [0.29, 0.717) is 43.7 Å². The third-order valence-corrected chi connectivity index (χ3v) is 5.75. The molecule has 2 N–H and O–H groups in total. The summed E-state index contributed by atoms with van der Waals surface area (Å²) in [7, 11) is 3.89. The largest absolute Gasteiger partial charge is 0.492 e. The highest BCUT2D eigenvalue weighted by Crippen LogP contribution is 2.15. The van der Waals surface area contributed by atoms with Crippen LogP contribution in [0.25, 0.3) is 0 Å². The lowest BCUT2D eigenvalue weighted by Gasteiger charge is -2.31. The van der Waals surface area contributed by atoms with Crippen molar-refractivity contribution in [2.45, 2.75) is 31.8 Å². The number of rotatable bonds is 10. The van der Waals surface area contributed by atoms with Gasteiger partial charge in [-0.2, -0.15) is 0 Å². The van der Waals surface area contributed by atoms with Gasteiger partial charge in [-0.25, -0.2) is 4.39 Å². The van der Waals surface area contributed by atoms with E-state index in [-0.39, 0.29) is 5.82 Å². The highest BCUT2D eigenvalue weighted by atomic mass is 19.1. The summed E-state index contributed by atoms with van der Waals surface area (Å²) in [6.07, 6.45) is 2.78. The maximum Gasteiger partial charge on any atom is 0.191 e. The van der Waals surface area contributed by atoms with Crippen LogP contribution in [-0.4, -0.2) is 63.9 Å². The monoisotopic (exact) mass is 442 g/mol. The lowest BCUT2D eigenvalue weighted by Crippen LogP contribution is -2.38. The third kappa shape index (κ3) is 7.80. The van der Waals surface area contributed by atoms with Crippen LogP contribution in [0.1, 0.15) is 24.0 Å². The molecule has 0 atom stereocenters. The van der Waals surface area contributed by atoms with Gasteiger partial charge >= 0.3 is 0 Å². The number of nitrogens with zero attached hydrogens (tertiary/aromatic N) is 2. The Morgan fingerprint density at radius 1 is 1.16 bits per heavy atom. The summed E-state index contributed by atoms with van der Waals surface area (Å²) in [6.45, 7) is 4.48. The highest BCUT2D eigenvalue weighted by Gasteiger charge is 2.17. The van der Waals surface area contributed by atoms with Crippen molar-refractivity contribution in [2.75, 3.05) is 47.0 Å². The SMILES string of the molecule is CN=C(NCCc1ccccc1F)NCc1cccc(OCCN(C)C2CCOCC2)c1. The van der Waals surface area contributed by atoms with Crippen molar-refractivity contribution >= 4 is 5.96 Å². The fourth-order valence-electron chi connectivity index (χ4n) is 3.78. The summed E-state index contributed by atoms with van der Waals surface area (Å²) in [5.41, 5.74) is 1.81. The summed E-state index contributed by atoms with van der Waals surface area (Å²) in [5.74, 6) is 1.38. The maximum atomic E-state index is 13.7. The number of halogens is 1. The molecule has 6 nitrogen and oxygen atoms in total. The molecule has 0 unspecified atom stereocenters. The Balaban J connectivity index is 1.39. The lowest BCUT2D eigenvalue weighted by molar-refractivity contribution is 0.0392. The molecule has 1 fully saturated rings. The minimum absolute atomic E-state index is 0.173. The summed E-state index contributed by atoms with van der Waals surface area (Å²) < 4.78 is 25.2. The number of guanidine groups is 1. The van der Waals surface area contributed by atoms with Gasteiger partial charge in [-0.3, -0.25) is 9.89 Å². The molecule has 3 rings (SSSR count). The van der Waals surface area contributed by atoms with Crippen molar-refractivity contribution in [1.29, 1.82) is 0 Å². The van der Waals surface area contributed by atoms with Crippen LogP contribution in [-0.2, 0) is 17.7 Å². The molecule has 0 saturated carbocycles. The normalized spacial score (nSPS) is 15.1. The molecule has 7 heteroatoms. The maximum absolute atomic E-state index is 13.7. The molecule has 0 aromatic heterocycles. The van der Waals surface area contributed by atoms with Gasteiger partial charge in [0.05, 0.1) is 0 Å². The summed E-state index contributed by atoms with van der Waals surface area (Å²) in [4.78, 5) is 6.61. The van der Waals surface area contributed by atoms with Crippen LogP contribution in [0, 0.1) is 5.82 Å². The molecule has 0 spiro atoms. The summed E-state index contributed by atoms with van der Waals surface area (Å²) in [5, 5.41) is 6.54. The van der Waals surface area contributed by atoms with Crippen LogP contribution in [0.3, 0.4) is 0 Å². The van der Waals surface area contributed by atoms with Gasteiger partial charge in [-0.1, -0.05) is 30.3 Å². The number of benzene rings is 2.